The Labute approximate surface area is 87.7 Å². The van der Waals surface area contributed by atoms with Crippen molar-refractivity contribution in [2.24, 2.45) is 5.92 Å². The zero-order valence-electron chi connectivity index (χ0n) is 9.59. The molecular weight excluding hydrogens is 174 g/mol. The summed E-state index contributed by atoms with van der Waals surface area (Å²) in [4.78, 5) is 13.9. The fraction of sp³-hybridized carbons (Fsp3) is 0.917. The molecular formula is C12H23NO. The van der Waals surface area contributed by atoms with Crippen molar-refractivity contribution in [1.29, 1.82) is 0 Å². The topological polar surface area (TPSA) is 20.3 Å². The highest BCUT2D eigenvalue weighted by Gasteiger charge is 2.29. The largest absolute Gasteiger partial charge is 0.342 e. The van der Waals surface area contributed by atoms with Gasteiger partial charge in [-0.3, -0.25) is 4.79 Å². The molecule has 1 atom stereocenters. The monoisotopic (exact) mass is 197 g/mol. The number of carbonyl (C=O) groups excluding carboxylic acids is 1. The lowest BCUT2D eigenvalue weighted by molar-refractivity contribution is -0.131. The summed E-state index contributed by atoms with van der Waals surface area (Å²) in [5, 5.41) is 0. The Morgan fingerprint density at radius 1 is 1.29 bits per heavy atom. The van der Waals surface area contributed by atoms with Gasteiger partial charge >= 0.3 is 0 Å². The summed E-state index contributed by atoms with van der Waals surface area (Å²) >= 11 is 0. The SMILES string of the molecule is CCCCC1CCN(CCCC)C1=O. The minimum atomic E-state index is 0.354. The van der Waals surface area contributed by atoms with Crippen molar-refractivity contribution in [3.8, 4) is 0 Å². The third kappa shape index (κ3) is 3.00. The molecule has 0 saturated carbocycles. The van der Waals surface area contributed by atoms with E-state index in [1.807, 2.05) is 0 Å². The molecule has 0 spiro atoms. The van der Waals surface area contributed by atoms with E-state index in [1.165, 1.54) is 19.3 Å². The summed E-state index contributed by atoms with van der Waals surface area (Å²) in [7, 11) is 0. The lowest BCUT2D eigenvalue weighted by atomic mass is 10.0. The third-order valence-electron chi connectivity index (χ3n) is 3.10. The van der Waals surface area contributed by atoms with Crippen molar-refractivity contribution in [2.75, 3.05) is 13.1 Å². The molecule has 2 heteroatoms. The van der Waals surface area contributed by atoms with Gasteiger partial charge in [0.05, 0.1) is 0 Å². The van der Waals surface area contributed by atoms with Crippen LogP contribution in [0, 0.1) is 5.92 Å². The summed E-state index contributed by atoms with van der Waals surface area (Å²) in [5.74, 6) is 0.777. The Balaban J connectivity index is 2.28. The van der Waals surface area contributed by atoms with E-state index in [0.717, 1.165) is 32.4 Å². The molecule has 0 aliphatic carbocycles. The Hall–Kier alpha value is -0.530. The number of hydrogen-bond acceptors (Lipinski definition) is 1. The highest BCUT2D eigenvalue weighted by Crippen LogP contribution is 2.23. The van der Waals surface area contributed by atoms with Crippen LogP contribution in [0.5, 0.6) is 0 Å². The number of likely N-dealkylation sites (tertiary alicyclic amines) is 1. The van der Waals surface area contributed by atoms with Crippen LogP contribution in [0.25, 0.3) is 0 Å². The second-order valence-electron chi connectivity index (χ2n) is 4.31. The number of carbonyl (C=O) groups is 1. The van der Waals surface area contributed by atoms with Gasteiger partial charge in [0.1, 0.15) is 0 Å². The summed E-state index contributed by atoms with van der Waals surface area (Å²) in [6.07, 6.45) is 6.97. The van der Waals surface area contributed by atoms with E-state index in [0.29, 0.717) is 11.8 Å². The molecule has 1 heterocycles. The van der Waals surface area contributed by atoms with Gasteiger partial charge < -0.3 is 4.90 Å². The van der Waals surface area contributed by atoms with Gasteiger partial charge in [-0.2, -0.15) is 0 Å². The maximum absolute atomic E-state index is 11.8. The van der Waals surface area contributed by atoms with Crippen LogP contribution < -0.4 is 0 Å². The predicted molar refractivity (Wildman–Crippen MR) is 59.1 cm³/mol. The summed E-state index contributed by atoms with van der Waals surface area (Å²) in [5.41, 5.74) is 0. The van der Waals surface area contributed by atoms with Crippen molar-refractivity contribution in [2.45, 2.75) is 52.4 Å². The molecule has 0 bridgehead atoms. The third-order valence-corrected chi connectivity index (χ3v) is 3.10. The summed E-state index contributed by atoms with van der Waals surface area (Å²) in [6.45, 7) is 6.36. The maximum atomic E-state index is 11.8. The smallest absolute Gasteiger partial charge is 0.225 e. The average Bonchev–Trinajstić information content (AvgIpc) is 2.54. The average molecular weight is 197 g/mol. The first-order valence-corrected chi connectivity index (χ1v) is 6.08. The van der Waals surface area contributed by atoms with E-state index in [4.69, 9.17) is 0 Å². The standard InChI is InChI=1S/C12H23NO/c1-3-5-7-11-8-10-13(12(11)14)9-6-4-2/h11H,3-10H2,1-2H3. The van der Waals surface area contributed by atoms with Gasteiger partial charge in [-0.15, -0.1) is 0 Å². The molecule has 1 amide bonds. The summed E-state index contributed by atoms with van der Waals surface area (Å²) in [6, 6.07) is 0. The second-order valence-corrected chi connectivity index (χ2v) is 4.31. The number of amides is 1. The van der Waals surface area contributed by atoms with Crippen LogP contribution in [0.1, 0.15) is 52.4 Å². The van der Waals surface area contributed by atoms with Crippen LogP contribution in [0.3, 0.4) is 0 Å². The van der Waals surface area contributed by atoms with Gasteiger partial charge in [-0.05, 0) is 19.3 Å². The van der Waals surface area contributed by atoms with Crippen molar-refractivity contribution in [1.82, 2.24) is 4.90 Å². The highest BCUT2D eigenvalue weighted by molar-refractivity contribution is 5.80. The number of nitrogens with zero attached hydrogens (tertiary/aromatic N) is 1. The van der Waals surface area contributed by atoms with Gasteiger partial charge in [0.15, 0.2) is 0 Å². The zero-order valence-corrected chi connectivity index (χ0v) is 9.59. The van der Waals surface area contributed by atoms with Gasteiger partial charge in [-0.1, -0.05) is 33.1 Å². The van der Waals surface area contributed by atoms with E-state index < -0.39 is 0 Å². The molecule has 1 aliphatic heterocycles. The van der Waals surface area contributed by atoms with Crippen LogP contribution in [0.2, 0.25) is 0 Å². The van der Waals surface area contributed by atoms with Crippen molar-refractivity contribution < 1.29 is 4.79 Å². The molecule has 14 heavy (non-hydrogen) atoms. The van der Waals surface area contributed by atoms with Crippen molar-refractivity contribution in [3.05, 3.63) is 0 Å². The fourth-order valence-corrected chi connectivity index (χ4v) is 2.09. The fourth-order valence-electron chi connectivity index (χ4n) is 2.09. The predicted octanol–water partition coefficient (Wildman–Crippen LogP) is 2.83. The van der Waals surface area contributed by atoms with Crippen LogP contribution in [-0.4, -0.2) is 23.9 Å². The van der Waals surface area contributed by atoms with E-state index in [2.05, 4.69) is 18.7 Å². The molecule has 0 aromatic carbocycles. The van der Waals surface area contributed by atoms with Crippen LogP contribution in [-0.2, 0) is 4.79 Å². The molecule has 82 valence electrons. The highest BCUT2D eigenvalue weighted by atomic mass is 16.2. The minimum absolute atomic E-state index is 0.354. The Morgan fingerprint density at radius 2 is 2.00 bits per heavy atom. The Kier molecular flexibility index (Phi) is 4.99. The van der Waals surface area contributed by atoms with Gasteiger partial charge in [0.25, 0.3) is 0 Å². The molecule has 1 aliphatic rings. The van der Waals surface area contributed by atoms with Crippen molar-refractivity contribution in [3.63, 3.8) is 0 Å². The molecule has 0 aromatic heterocycles. The quantitative estimate of drug-likeness (QED) is 0.641. The number of hydrogen-bond donors (Lipinski definition) is 0. The van der Waals surface area contributed by atoms with E-state index >= 15 is 0 Å². The lowest BCUT2D eigenvalue weighted by Crippen LogP contribution is -2.28. The first kappa shape index (κ1) is 11.5. The number of unbranched alkanes of at least 4 members (excludes halogenated alkanes) is 2. The van der Waals surface area contributed by atoms with Crippen LogP contribution in [0.4, 0.5) is 0 Å². The van der Waals surface area contributed by atoms with Crippen molar-refractivity contribution >= 4 is 5.91 Å². The maximum Gasteiger partial charge on any atom is 0.225 e. The molecule has 1 saturated heterocycles. The molecule has 1 unspecified atom stereocenters. The molecule has 2 nitrogen and oxygen atoms in total. The summed E-state index contributed by atoms with van der Waals surface area (Å²) < 4.78 is 0. The van der Waals surface area contributed by atoms with Gasteiger partial charge in [0.2, 0.25) is 5.91 Å². The molecule has 1 rings (SSSR count). The number of rotatable bonds is 6. The molecule has 0 aromatic rings. The lowest BCUT2D eigenvalue weighted by Gasteiger charge is -2.15. The minimum Gasteiger partial charge on any atom is -0.342 e. The molecule has 0 N–H and O–H groups in total. The van der Waals surface area contributed by atoms with Crippen LogP contribution in [0.15, 0.2) is 0 Å². The Bertz CT molecular complexity index is 161. The molecule has 1 fully saturated rings. The zero-order chi connectivity index (χ0) is 10.4. The first-order chi connectivity index (χ1) is 6.79. The van der Waals surface area contributed by atoms with E-state index in [9.17, 15) is 4.79 Å². The van der Waals surface area contributed by atoms with Crippen LogP contribution >= 0.6 is 0 Å². The normalized spacial score (nSPS) is 22.0. The van der Waals surface area contributed by atoms with E-state index in [1.54, 1.807) is 0 Å². The van der Waals surface area contributed by atoms with Gasteiger partial charge in [0, 0.05) is 19.0 Å². The van der Waals surface area contributed by atoms with E-state index in [-0.39, 0.29) is 0 Å². The van der Waals surface area contributed by atoms with Gasteiger partial charge in [-0.25, -0.2) is 0 Å². The second kappa shape index (κ2) is 6.05. The molecule has 0 radical (unpaired) electrons. The first-order valence-electron chi connectivity index (χ1n) is 6.08. The Morgan fingerprint density at radius 3 is 2.64 bits per heavy atom.